The number of amides is 1. The Morgan fingerprint density at radius 2 is 0.716 bits per heavy atom. The molecule has 520 valence electrons. The number of carbonyl (C=O) groups excluding carboxylic acids is 1. The highest BCUT2D eigenvalue weighted by Gasteiger charge is 2.53. The summed E-state index contributed by atoms with van der Waals surface area (Å²) in [5.41, 5.74) is 0. The van der Waals surface area contributed by atoms with Gasteiger partial charge in [-0.25, -0.2) is 0 Å². The van der Waals surface area contributed by atoms with E-state index in [2.05, 4.69) is 31.3 Å². The number of hydrogen-bond donors (Lipinski definition) is 12. The van der Waals surface area contributed by atoms with Crippen LogP contribution in [0.5, 0.6) is 0 Å². The molecule has 0 aromatic rings. The van der Waals surface area contributed by atoms with E-state index >= 15 is 0 Å². The van der Waals surface area contributed by atoms with E-state index < -0.39 is 124 Å². The molecule has 0 aromatic heterocycles. The Bertz CT molecular complexity index is 1650. The fourth-order valence-corrected chi connectivity index (χ4v) is 12.5. The Hall–Kier alpha value is -1.47. The summed E-state index contributed by atoms with van der Waals surface area (Å²) in [5.74, 6) is -0.239. The van der Waals surface area contributed by atoms with Crippen molar-refractivity contribution in [2.45, 2.75) is 394 Å². The Balaban J connectivity index is 1.42. The van der Waals surface area contributed by atoms with Gasteiger partial charge in [0.25, 0.3) is 0 Å². The number of aliphatic hydroxyl groups excluding tert-OH is 11. The lowest BCUT2D eigenvalue weighted by Gasteiger charge is -2.48. The molecule has 0 aromatic carbocycles. The summed E-state index contributed by atoms with van der Waals surface area (Å²) in [4.78, 5) is 13.4. The summed E-state index contributed by atoms with van der Waals surface area (Å²) in [6.45, 7) is 1.84. The van der Waals surface area contributed by atoms with Crippen molar-refractivity contribution in [1.82, 2.24) is 5.32 Å². The number of ether oxygens (including phenoxy) is 6. The van der Waals surface area contributed by atoms with Crippen LogP contribution in [-0.4, -0.2) is 193 Å². The monoisotopic (exact) mass is 1260 g/mol. The van der Waals surface area contributed by atoms with Gasteiger partial charge in [-0.05, 0) is 38.5 Å². The second kappa shape index (κ2) is 51.9. The molecule has 0 spiro atoms. The minimum Gasteiger partial charge on any atom is -0.394 e. The van der Waals surface area contributed by atoms with Gasteiger partial charge in [0, 0.05) is 6.42 Å². The summed E-state index contributed by atoms with van der Waals surface area (Å²) in [6.07, 6.45) is 30.0. The number of rotatable bonds is 56. The lowest BCUT2D eigenvalue weighted by Crippen LogP contribution is -2.66. The minimum absolute atomic E-state index is 0.239. The highest BCUT2D eigenvalue weighted by Crippen LogP contribution is 2.33. The van der Waals surface area contributed by atoms with Crippen LogP contribution < -0.4 is 5.32 Å². The molecule has 3 aliphatic rings. The van der Waals surface area contributed by atoms with Crippen molar-refractivity contribution < 1.29 is 89.4 Å². The molecular formula is C69H131NO18. The Kier molecular flexibility index (Phi) is 47.6. The number of aliphatic hydroxyl groups is 11. The quantitative estimate of drug-likeness (QED) is 0.0199. The van der Waals surface area contributed by atoms with Crippen LogP contribution in [-0.2, 0) is 33.2 Å². The molecular weight excluding hydrogens is 1130 g/mol. The van der Waals surface area contributed by atoms with Crippen molar-refractivity contribution in [2.75, 3.05) is 26.4 Å². The molecule has 0 saturated carbocycles. The zero-order chi connectivity index (χ0) is 64.0. The third-order valence-electron chi connectivity index (χ3n) is 18.3. The van der Waals surface area contributed by atoms with Crippen molar-refractivity contribution in [2.24, 2.45) is 0 Å². The molecule has 3 rings (SSSR count). The maximum Gasteiger partial charge on any atom is 0.220 e. The molecule has 3 heterocycles. The minimum atomic E-state index is -1.97. The summed E-state index contributed by atoms with van der Waals surface area (Å²) in [5, 5.41) is 121. The van der Waals surface area contributed by atoms with Gasteiger partial charge < -0.3 is 89.9 Å². The number of allylic oxidation sites excluding steroid dienone is 2. The lowest BCUT2D eigenvalue weighted by molar-refractivity contribution is -0.379. The van der Waals surface area contributed by atoms with Crippen molar-refractivity contribution in [3.8, 4) is 0 Å². The Labute approximate surface area is 531 Å². The van der Waals surface area contributed by atoms with E-state index in [0.29, 0.717) is 12.8 Å². The smallest absolute Gasteiger partial charge is 0.220 e. The van der Waals surface area contributed by atoms with Crippen LogP contribution in [0.1, 0.15) is 290 Å². The largest absolute Gasteiger partial charge is 0.394 e. The molecule has 12 N–H and O–H groups in total. The van der Waals surface area contributed by atoms with E-state index in [-0.39, 0.29) is 18.9 Å². The molecule has 1 amide bonds. The standard InChI is InChI=1S/C69H131NO18/c1-3-5-7-9-11-13-15-17-19-21-23-25-26-27-29-31-33-35-37-39-41-43-45-47-57(75)70-52(53(74)46-44-42-40-38-36-34-32-30-28-24-22-20-18-16-14-12-10-8-6-4-2)51-83-67-63(81)60(78)65(55(49-72)85-67)88-69-64(82)61(79)66(56(50-73)86-69)87-68-62(80)59(77)58(76)54(48-71)84-68/h21,23,52-56,58-69,71-74,76-82H,3-20,22,24-51H2,1-2H3,(H,70,75)/b23-21-. The van der Waals surface area contributed by atoms with E-state index in [4.69, 9.17) is 28.4 Å². The zero-order valence-electron chi connectivity index (χ0n) is 55.0. The molecule has 19 nitrogen and oxygen atoms in total. The van der Waals surface area contributed by atoms with Crippen molar-refractivity contribution >= 4 is 5.91 Å². The summed E-state index contributed by atoms with van der Waals surface area (Å²) >= 11 is 0. The Morgan fingerprint density at radius 1 is 0.398 bits per heavy atom. The van der Waals surface area contributed by atoms with Crippen LogP contribution in [0.25, 0.3) is 0 Å². The fourth-order valence-electron chi connectivity index (χ4n) is 12.5. The number of carbonyl (C=O) groups is 1. The first kappa shape index (κ1) is 80.8. The first-order valence-corrected chi connectivity index (χ1v) is 35.9. The van der Waals surface area contributed by atoms with Crippen molar-refractivity contribution in [3.05, 3.63) is 12.2 Å². The van der Waals surface area contributed by atoms with Crippen molar-refractivity contribution in [1.29, 1.82) is 0 Å². The van der Waals surface area contributed by atoms with Crippen LogP contribution in [0.4, 0.5) is 0 Å². The van der Waals surface area contributed by atoms with Crippen LogP contribution in [0.2, 0.25) is 0 Å². The average Bonchev–Trinajstić information content (AvgIpc) is 3.71. The van der Waals surface area contributed by atoms with E-state index in [9.17, 15) is 61.0 Å². The van der Waals surface area contributed by atoms with Gasteiger partial charge in [0.15, 0.2) is 18.9 Å². The summed E-state index contributed by atoms with van der Waals surface area (Å²) < 4.78 is 34.4. The number of unbranched alkanes of at least 4 members (excludes halogenated alkanes) is 38. The van der Waals surface area contributed by atoms with Gasteiger partial charge in [0.05, 0.1) is 38.6 Å². The van der Waals surface area contributed by atoms with Crippen LogP contribution in [0, 0.1) is 0 Å². The highest BCUT2D eigenvalue weighted by atomic mass is 16.8. The molecule has 17 unspecified atom stereocenters. The van der Waals surface area contributed by atoms with Gasteiger partial charge in [0.1, 0.15) is 73.2 Å². The third kappa shape index (κ3) is 33.6. The van der Waals surface area contributed by atoms with Crippen LogP contribution >= 0.6 is 0 Å². The SMILES string of the molecule is CCCCCCCCCC/C=C\CCCCCCCCCCCCCC(=O)NC(COC1OC(CO)C(OC2OC(CO)C(OC3OC(CO)C(O)C(O)C3O)C(O)C2O)C(O)C1O)C(O)CCCCCCCCCCCCCCCCCCCCCC. The first-order valence-electron chi connectivity index (χ1n) is 35.9. The lowest BCUT2D eigenvalue weighted by atomic mass is 9.96. The number of hydrogen-bond acceptors (Lipinski definition) is 18. The molecule has 3 fully saturated rings. The van der Waals surface area contributed by atoms with Gasteiger partial charge in [-0.2, -0.15) is 0 Å². The second-order valence-corrected chi connectivity index (χ2v) is 26.1. The Morgan fingerprint density at radius 3 is 1.10 bits per heavy atom. The average molecular weight is 1260 g/mol. The molecule has 3 aliphatic heterocycles. The normalized spacial score (nSPS) is 28.4. The molecule has 3 saturated heterocycles. The second-order valence-electron chi connectivity index (χ2n) is 26.1. The molecule has 0 bridgehead atoms. The van der Waals surface area contributed by atoms with E-state index in [1.807, 2.05) is 0 Å². The first-order chi connectivity index (χ1) is 42.8. The fraction of sp³-hybridized carbons (Fsp3) is 0.957. The molecule has 88 heavy (non-hydrogen) atoms. The van der Waals surface area contributed by atoms with E-state index in [1.54, 1.807) is 0 Å². The van der Waals surface area contributed by atoms with Gasteiger partial charge >= 0.3 is 0 Å². The molecule has 0 aliphatic carbocycles. The topological polar surface area (TPSA) is 307 Å². The number of nitrogens with one attached hydrogen (secondary N) is 1. The van der Waals surface area contributed by atoms with Gasteiger partial charge in [0.2, 0.25) is 5.91 Å². The predicted molar refractivity (Wildman–Crippen MR) is 342 cm³/mol. The molecule has 17 atom stereocenters. The third-order valence-corrected chi connectivity index (χ3v) is 18.3. The maximum absolute atomic E-state index is 13.4. The van der Waals surface area contributed by atoms with Crippen LogP contribution in [0.3, 0.4) is 0 Å². The highest BCUT2D eigenvalue weighted by molar-refractivity contribution is 5.76. The zero-order valence-corrected chi connectivity index (χ0v) is 55.0. The van der Waals surface area contributed by atoms with Gasteiger partial charge in [-0.1, -0.05) is 257 Å². The maximum atomic E-state index is 13.4. The molecule has 19 heteroatoms. The van der Waals surface area contributed by atoms with Gasteiger partial charge in [-0.15, -0.1) is 0 Å². The van der Waals surface area contributed by atoms with Gasteiger partial charge in [-0.3, -0.25) is 4.79 Å². The van der Waals surface area contributed by atoms with Crippen molar-refractivity contribution in [3.63, 3.8) is 0 Å². The van der Waals surface area contributed by atoms with E-state index in [0.717, 1.165) is 44.9 Å². The van der Waals surface area contributed by atoms with Crippen LogP contribution in [0.15, 0.2) is 12.2 Å². The predicted octanol–water partition coefficient (Wildman–Crippen LogP) is 9.67. The van der Waals surface area contributed by atoms with E-state index in [1.165, 1.54) is 212 Å². The summed E-state index contributed by atoms with van der Waals surface area (Å²) in [6, 6.07) is -0.885. The summed E-state index contributed by atoms with van der Waals surface area (Å²) in [7, 11) is 0. The molecule has 0 radical (unpaired) electrons.